The SMILES string of the molecule is NCc1c(-c2ccc3c(c2)CCCS3)[nH][nH]c1=O. The quantitative estimate of drug-likeness (QED) is 0.772. The van der Waals surface area contributed by atoms with Crippen molar-refractivity contribution < 1.29 is 0 Å². The van der Waals surface area contributed by atoms with Crippen LogP contribution in [0.1, 0.15) is 17.5 Å². The molecule has 0 radical (unpaired) electrons. The highest BCUT2D eigenvalue weighted by Crippen LogP contribution is 2.33. The number of nitrogens with two attached hydrogens (primary N) is 1. The number of hydrogen-bond acceptors (Lipinski definition) is 3. The number of H-pyrrole nitrogens is 2. The van der Waals surface area contributed by atoms with Gasteiger partial charge in [-0.25, -0.2) is 0 Å². The normalized spacial score (nSPS) is 14.5. The highest BCUT2D eigenvalue weighted by atomic mass is 32.2. The monoisotopic (exact) mass is 261 g/mol. The summed E-state index contributed by atoms with van der Waals surface area (Å²) in [6, 6.07) is 6.36. The summed E-state index contributed by atoms with van der Waals surface area (Å²) in [5.41, 5.74) is 9.35. The lowest BCUT2D eigenvalue weighted by Crippen LogP contribution is -2.10. The van der Waals surface area contributed by atoms with Crippen molar-refractivity contribution in [3.8, 4) is 11.3 Å². The fourth-order valence-corrected chi connectivity index (χ4v) is 3.36. The van der Waals surface area contributed by atoms with Crippen LogP contribution in [0.5, 0.6) is 0 Å². The van der Waals surface area contributed by atoms with E-state index in [-0.39, 0.29) is 12.1 Å². The van der Waals surface area contributed by atoms with Gasteiger partial charge in [-0.2, -0.15) is 0 Å². The van der Waals surface area contributed by atoms with Gasteiger partial charge >= 0.3 is 0 Å². The number of aromatic amines is 2. The largest absolute Gasteiger partial charge is 0.326 e. The lowest BCUT2D eigenvalue weighted by molar-refractivity contribution is 0.890. The number of nitrogens with one attached hydrogen (secondary N) is 2. The molecule has 4 nitrogen and oxygen atoms in total. The summed E-state index contributed by atoms with van der Waals surface area (Å²) >= 11 is 1.90. The van der Waals surface area contributed by atoms with Crippen molar-refractivity contribution in [1.82, 2.24) is 10.2 Å². The van der Waals surface area contributed by atoms with Crippen LogP contribution < -0.4 is 11.3 Å². The van der Waals surface area contributed by atoms with Crippen LogP contribution in [-0.4, -0.2) is 16.0 Å². The molecule has 2 heterocycles. The molecule has 0 amide bonds. The van der Waals surface area contributed by atoms with Gasteiger partial charge in [0, 0.05) is 17.0 Å². The Bertz CT molecular complexity index is 629. The lowest BCUT2D eigenvalue weighted by Gasteiger charge is -2.15. The van der Waals surface area contributed by atoms with Crippen LogP contribution in [0, 0.1) is 0 Å². The third-order valence-electron chi connectivity index (χ3n) is 3.28. The summed E-state index contributed by atoms with van der Waals surface area (Å²) in [5, 5.41) is 5.52. The molecule has 0 spiro atoms. The first-order valence-electron chi connectivity index (χ1n) is 6.05. The molecule has 1 aliphatic rings. The Labute approximate surface area is 109 Å². The van der Waals surface area contributed by atoms with Gasteiger partial charge in [0.05, 0.1) is 11.3 Å². The first-order chi connectivity index (χ1) is 8.79. The fraction of sp³-hybridized carbons (Fsp3) is 0.308. The van der Waals surface area contributed by atoms with Crippen molar-refractivity contribution in [2.45, 2.75) is 24.3 Å². The molecule has 3 rings (SSSR count). The topological polar surface area (TPSA) is 74.7 Å². The molecule has 0 fully saturated rings. The van der Waals surface area contributed by atoms with E-state index in [0.717, 1.165) is 17.7 Å². The second-order valence-electron chi connectivity index (χ2n) is 4.41. The number of benzene rings is 1. The first-order valence-corrected chi connectivity index (χ1v) is 7.04. The van der Waals surface area contributed by atoms with Crippen molar-refractivity contribution in [1.29, 1.82) is 0 Å². The van der Waals surface area contributed by atoms with Gasteiger partial charge in [0.2, 0.25) is 0 Å². The van der Waals surface area contributed by atoms with Gasteiger partial charge in [0.1, 0.15) is 0 Å². The Balaban J connectivity index is 2.09. The Morgan fingerprint density at radius 1 is 1.33 bits per heavy atom. The molecule has 0 saturated heterocycles. The second-order valence-corrected chi connectivity index (χ2v) is 5.55. The summed E-state index contributed by atoms with van der Waals surface area (Å²) in [5.74, 6) is 1.20. The Morgan fingerprint density at radius 3 is 3.06 bits per heavy atom. The van der Waals surface area contributed by atoms with Gasteiger partial charge in [-0.3, -0.25) is 15.0 Å². The van der Waals surface area contributed by atoms with Crippen LogP contribution in [0.3, 0.4) is 0 Å². The first kappa shape index (κ1) is 11.6. The van der Waals surface area contributed by atoms with Gasteiger partial charge in [-0.1, -0.05) is 6.07 Å². The molecule has 0 bridgehead atoms. The molecule has 0 atom stereocenters. The number of fused-ring (bicyclic) bond motifs is 1. The van der Waals surface area contributed by atoms with Gasteiger partial charge in [0.15, 0.2) is 0 Å². The number of aromatic nitrogens is 2. The summed E-state index contributed by atoms with van der Waals surface area (Å²) in [7, 11) is 0. The van der Waals surface area contributed by atoms with Crippen LogP contribution >= 0.6 is 11.8 Å². The van der Waals surface area contributed by atoms with E-state index in [1.165, 1.54) is 22.6 Å². The molecule has 0 aliphatic carbocycles. The van der Waals surface area contributed by atoms with E-state index in [2.05, 4.69) is 28.4 Å². The Hall–Kier alpha value is -1.46. The van der Waals surface area contributed by atoms with Crippen LogP contribution in [0.2, 0.25) is 0 Å². The smallest absolute Gasteiger partial charge is 0.269 e. The van der Waals surface area contributed by atoms with Gasteiger partial charge in [-0.15, -0.1) is 11.8 Å². The van der Waals surface area contributed by atoms with E-state index < -0.39 is 0 Å². The van der Waals surface area contributed by atoms with E-state index in [1.807, 2.05) is 11.8 Å². The molecule has 0 unspecified atom stereocenters. The molecular weight excluding hydrogens is 246 g/mol. The minimum Gasteiger partial charge on any atom is -0.326 e. The molecule has 94 valence electrons. The van der Waals surface area contributed by atoms with Crippen molar-refractivity contribution in [2.24, 2.45) is 5.73 Å². The summed E-state index contributed by atoms with van der Waals surface area (Å²) in [6.45, 7) is 0.250. The Kier molecular flexibility index (Phi) is 3.01. The minimum atomic E-state index is -0.125. The van der Waals surface area contributed by atoms with Gasteiger partial charge in [0.25, 0.3) is 5.56 Å². The predicted molar refractivity (Wildman–Crippen MR) is 73.8 cm³/mol. The molecule has 2 aromatic rings. The van der Waals surface area contributed by atoms with Crippen LogP contribution in [0.4, 0.5) is 0 Å². The zero-order valence-electron chi connectivity index (χ0n) is 9.95. The third-order valence-corrected chi connectivity index (χ3v) is 4.48. The Morgan fingerprint density at radius 2 is 2.22 bits per heavy atom. The average Bonchev–Trinajstić information content (AvgIpc) is 2.79. The standard InChI is InChI=1S/C13H15N3OS/c14-7-10-12(15-16-13(10)17)9-3-4-11-8(6-9)2-1-5-18-11/h3-4,6H,1-2,5,7,14H2,(H2,15,16,17). The van der Waals surface area contributed by atoms with Crippen molar-refractivity contribution >= 4 is 11.8 Å². The number of thioether (sulfide) groups is 1. The molecule has 5 heteroatoms. The van der Waals surface area contributed by atoms with Gasteiger partial charge < -0.3 is 5.73 Å². The van der Waals surface area contributed by atoms with E-state index in [1.54, 1.807) is 0 Å². The van der Waals surface area contributed by atoms with Crippen LogP contribution in [0.25, 0.3) is 11.3 Å². The van der Waals surface area contributed by atoms with Crippen LogP contribution in [0.15, 0.2) is 27.9 Å². The zero-order chi connectivity index (χ0) is 12.5. The number of hydrogen-bond donors (Lipinski definition) is 3. The summed E-state index contributed by atoms with van der Waals surface area (Å²) in [4.78, 5) is 12.9. The van der Waals surface area contributed by atoms with E-state index in [0.29, 0.717) is 5.56 Å². The molecule has 1 aromatic heterocycles. The van der Waals surface area contributed by atoms with Gasteiger partial charge in [-0.05, 0) is 36.3 Å². The molecular formula is C13H15N3OS. The predicted octanol–water partition coefficient (Wildman–Crippen LogP) is 1.87. The van der Waals surface area contributed by atoms with E-state index in [4.69, 9.17) is 5.73 Å². The van der Waals surface area contributed by atoms with Crippen molar-refractivity contribution in [3.05, 3.63) is 39.7 Å². The maximum Gasteiger partial charge on any atom is 0.269 e. The maximum absolute atomic E-state index is 11.6. The summed E-state index contributed by atoms with van der Waals surface area (Å²) in [6.07, 6.45) is 2.33. The average molecular weight is 261 g/mol. The summed E-state index contributed by atoms with van der Waals surface area (Å²) < 4.78 is 0. The highest BCUT2D eigenvalue weighted by Gasteiger charge is 2.14. The third kappa shape index (κ3) is 1.89. The number of aryl methyl sites for hydroxylation is 1. The number of rotatable bonds is 2. The lowest BCUT2D eigenvalue weighted by atomic mass is 10.0. The van der Waals surface area contributed by atoms with E-state index in [9.17, 15) is 4.79 Å². The maximum atomic E-state index is 11.6. The van der Waals surface area contributed by atoms with Crippen molar-refractivity contribution in [3.63, 3.8) is 0 Å². The molecule has 4 N–H and O–H groups in total. The fourth-order valence-electron chi connectivity index (χ4n) is 2.34. The second kappa shape index (κ2) is 4.66. The van der Waals surface area contributed by atoms with Crippen LogP contribution in [-0.2, 0) is 13.0 Å². The molecule has 1 aromatic carbocycles. The van der Waals surface area contributed by atoms with Crippen molar-refractivity contribution in [2.75, 3.05) is 5.75 Å². The molecule has 0 saturated carbocycles. The zero-order valence-corrected chi connectivity index (χ0v) is 10.8. The highest BCUT2D eigenvalue weighted by molar-refractivity contribution is 7.99. The van der Waals surface area contributed by atoms with E-state index >= 15 is 0 Å². The minimum absolute atomic E-state index is 0.125. The molecule has 1 aliphatic heterocycles. The molecule has 18 heavy (non-hydrogen) atoms.